The number of nitrogens with one attached hydrogen (secondary N) is 1. The number of hydrogen-bond acceptors (Lipinski definition) is 7. The Kier molecular flexibility index (Phi) is 8.18. The van der Waals surface area contributed by atoms with Gasteiger partial charge in [-0.1, -0.05) is 11.6 Å². The number of aliphatic hydroxyl groups is 1. The van der Waals surface area contributed by atoms with Gasteiger partial charge in [-0.2, -0.15) is 0 Å². The Morgan fingerprint density at radius 1 is 1.13 bits per heavy atom. The van der Waals surface area contributed by atoms with E-state index in [9.17, 15) is 19.1 Å². The van der Waals surface area contributed by atoms with Crippen LogP contribution < -0.4 is 19.5 Å². The number of Topliss-reactive ketones (excluding diaryl/α,β-unsaturated/α-hetero) is 1. The number of halogens is 2. The molecule has 1 fully saturated rings. The molecule has 1 aliphatic heterocycles. The highest BCUT2D eigenvalue weighted by atomic mass is 35.5. The molecule has 8 nitrogen and oxygen atoms in total. The molecule has 1 aromatic heterocycles. The standard InChI is InChI=1S/C28H28ClFN2O6/c1-28(35,25-9-8-22(36-2)26(32-25)17-4-6-19(30)18(29)14-17)12-10-20(33)16-5-7-21(24(15-16)37-3)38-23-11-13-31-27(23)34/h4-9,14-15,23,35H,10-13H2,1-3H3,(H,31,34). The highest BCUT2D eigenvalue weighted by Crippen LogP contribution is 2.35. The molecule has 1 aliphatic rings. The Balaban J connectivity index is 1.50. The third-order valence-corrected chi connectivity index (χ3v) is 6.70. The third-order valence-electron chi connectivity index (χ3n) is 6.41. The first-order valence-electron chi connectivity index (χ1n) is 12.0. The van der Waals surface area contributed by atoms with Crippen molar-refractivity contribution in [1.82, 2.24) is 10.3 Å². The third kappa shape index (κ3) is 5.89. The fourth-order valence-electron chi connectivity index (χ4n) is 4.17. The van der Waals surface area contributed by atoms with Crippen molar-refractivity contribution in [1.29, 1.82) is 0 Å². The summed E-state index contributed by atoms with van der Waals surface area (Å²) < 4.78 is 30.2. The molecule has 200 valence electrons. The number of methoxy groups -OCH3 is 2. The number of amides is 1. The van der Waals surface area contributed by atoms with Gasteiger partial charge >= 0.3 is 0 Å². The summed E-state index contributed by atoms with van der Waals surface area (Å²) in [6, 6.07) is 12.2. The zero-order valence-electron chi connectivity index (χ0n) is 21.2. The minimum Gasteiger partial charge on any atom is -0.494 e. The number of carbonyl (C=O) groups excluding carboxylic acids is 2. The maximum Gasteiger partial charge on any atom is 0.261 e. The average molecular weight is 543 g/mol. The van der Waals surface area contributed by atoms with Crippen molar-refractivity contribution in [2.24, 2.45) is 0 Å². The summed E-state index contributed by atoms with van der Waals surface area (Å²) in [5, 5.41) is 13.9. The van der Waals surface area contributed by atoms with Crippen LogP contribution in [0.3, 0.4) is 0 Å². The van der Waals surface area contributed by atoms with Crippen LogP contribution in [0.4, 0.5) is 4.39 Å². The van der Waals surface area contributed by atoms with E-state index in [1.54, 1.807) is 37.3 Å². The topological polar surface area (TPSA) is 107 Å². The lowest BCUT2D eigenvalue weighted by molar-refractivity contribution is -0.124. The minimum atomic E-state index is -1.45. The van der Waals surface area contributed by atoms with Gasteiger partial charge in [0.2, 0.25) is 0 Å². The van der Waals surface area contributed by atoms with E-state index in [-0.39, 0.29) is 29.6 Å². The molecule has 2 atom stereocenters. The van der Waals surface area contributed by atoms with E-state index in [1.807, 2.05) is 0 Å². The molecule has 0 aliphatic carbocycles. The quantitative estimate of drug-likeness (QED) is 0.358. The highest BCUT2D eigenvalue weighted by Gasteiger charge is 2.29. The molecule has 1 saturated heterocycles. The van der Waals surface area contributed by atoms with Gasteiger partial charge in [0.15, 0.2) is 23.4 Å². The van der Waals surface area contributed by atoms with Crippen molar-refractivity contribution >= 4 is 23.3 Å². The molecule has 4 rings (SSSR count). The molecule has 38 heavy (non-hydrogen) atoms. The second-order valence-corrected chi connectivity index (χ2v) is 9.53. The van der Waals surface area contributed by atoms with Gasteiger partial charge in [0, 0.05) is 30.5 Å². The number of rotatable bonds is 10. The van der Waals surface area contributed by atoms with E-state index in [0.29, 0.717) is 52.7 Å². The van der Waals surface area contributed by atoms with Gasteiger partial charge in [0.1, 0.15) is 22.9 Å². The van der Waals surface area contributed by atoms with Crippen LogP contribution in [0.15, 0.2) is 48.5 Å². The van der Waals surface area contributed by atoms with Crippen molar-refractivity contribution in [2.75, 3.05) is 20.8 Å². The van der Waals surface area contributed by atoms with Crippen LogP contribution in [-0.4, -0.2) is 48.6 Å². The van der Waals surface area contributed by atoms with E-state index in [1.165, 1.54) is 32.4 Å². The number of nitrogens with zero attached hydrogens (tertiary/aromatic N) is 1. The molecule has 2 N–H and O–H groups in total. The number of carbonyl (C=O) groups is 2. The predicted molar refractivity (Wildman–Crippen MR) is 139 cm³/mol. The first-order valence-corrected chi connectivity index (χ1v) is 12.4. The maximum atomic E-state index is 13.7. The summed E-state index contributed by atoms with van der Waals surface area (Å²) in [5.74, 6) is 0.167. The van der Waals surface area contributed by atoms with E-state index in [2.05, 4.69) is 10.3 Å². The lowest BCUT2D eigenvalue weighted by atomic mass is 9.92. The van der Waals surface area contributed by atoms with Crippen LogP contribution in [0.5, 0.6) is 17.2 Å². The molecule has 2 heterocycles. The molecule has 2 unspecified atom stereocenters. The van der Waals surface area contributed by atoms with E-state index in [0.717, 1.165) is 0 Å². The highest BCUT2D eigenvalue weighted by molar-refractivity contribution is 6.31. The first-order chi connectivity index (χ1) is 18.1. The average Bonchev–Trinajstić information content (AvgIpc) is 3.32. The Labute approximate surface area is 224 Å². The molecule has 0 saturated carbocycles. The Morgan fingerprint density at radius 2 is 1.87 bits per heavy atom. The second-order valence-electron chi connectivity index (χ2n) is 9.13. The summed E-state index contributed by atoms with van der Waals surface area (Å²) in [6.07, 6.45) is 0.0469. The van der Waals surface area contributed by atoms with E-state index in [4.69, 9.17) is 25.8 Å². The molecule has 1 amide bonds. The summed E-state index contributed by atoms with van der Waals surface area (Å²) in [5.41, 5.74) is 0.146. The van der Waals surface area contributed by atoms with Gasteiger partial charge in [0.25, 0.3) is 5.91 Å². The Bertz CT molecular complexity index is 1360. The van der Waals surface area contributed by atoms with E-state index >= 15 is 0 Å². The zero-order chi connectivity index (χ0) is 27.4. The lowest BCUT2D eigenvalue weighted by Crippen LogP contribution is -2.27. The number of aromatic nitrogens is 1. The fraction of sp³-hybridized carbons (Fsp3) is 0.321. The summed E-state index contributed by atoms with van der Waals surface area (Å²) in [4.78, 5) is 29.4. The van der Waals surface area contributed by atoms with Crippen molar-refractivity contribution in [2.45, 2.75) is 37.9 Å². The number of ketones is 1. The van der Waals surface area contributed by atoms with Crippen LogP contribution in [0, 0.1) is 5.82 Å². The lowest BCUT2D eigenvalue weighted by Gasteiger charge is -2.24. The number of benzene rings is 2. The molecule has 0 radical (unpaired) electrons. The molecular weight excluding hydrogens is 515 g/mol. The van der Waals surface area contributed by atoms with Crippen molar-refractivity contribution in [3.63, 3.8) is 0 Å². The smallest absolute Gasteiger partial charge is 0.261 e. The molecular formula is C28H28ClFN2O6. The summed E-state index contributed by atoms with van der Waals surface area (Å²) in [7, 11) is 2.94. The fourth-order valence-corrected chi connectivity index (χ4v) is 4.35. The number of hydrogen-bond donors (Lipinski definition) is 2. The van der Waals surface area contributed by atoms with Crippen LogP contribution in [0.25, 0.3) is 11.3 Å². The van der Waals surface area contributed by atoms with Crippen molar-refractivity contribution in [3.8, 4) is 28.5 Å². The van der Waals surface area contributed by atoms with Gasteiger partial charge in [-0.3, -0.25) is 9.59 Å². The monoisotopic (exact) mass is 542 g/mol. The molecule has 0 spiro atoms. The van der Waals surface area contributed by atoms with Crippen molar-refractivity contribution < 1.29 is 33.3 Å². The van der Waals surface area contributed by atoms with Gasteiger partial charge in [-0.15, -0.1) is 0 Å². The normalized spacial score (nSPS) is 16.5. The van der Waals surface area contributed by atoms with Gasteiger partial charge < -0.3 is 24.6 Å². The molecule has 0 bridgehead atoms. The Hall–Kier alpha value is -3.69. The molecule has 2 aromatic carbocycles. The largest absolute Gasteiger partial charge is 0.494 e. The second kappa shape index (κ2) is 11.4. The molecule has 3 aromatic rings. The van der Waals surface area contributed by atoms with Crippen LogP contribution in [0.2, 0.25) is 5.02 Å². The Morgan fingerprint density at radius 3 is 2.53 bits per heavy atom. The van der Waals surface area contributed by atoms with Crippen molar-refractivity contribution in [3.05, 3.63) is 70.6 Å². The van der Waals surface area contributed by atoms with Crippen LogP contribution in [-0.2, 0) is 10.4 Å². The minimum absolute atomic E-state index is 0.0206. The van der Waals surface area contributed by atoms with E-state index < -0.39 is 17.5 Å². The summed E-state index contributed by atoms with van der Waals surface area (Å²) >= 11 is 5.95. The SMILES string of the molecule is COc1cc(C(=O)CCC(C)(O)c2ccc(OC)c(-c3ccc(F)c(Cl)c3)n2)ccc1OC1CCNC1=O. The first kappa shape index (κ1) is 27.3. The maximum absolute atomic E-state index is 13.7. The summed E-state index contributed by atoms with van der Waals surface area (Å²) in [6.45, 7) is 2.12. The molecule has 10 heteroatoms. The number of pyridine rings is 1. The van der Waals surface area contributed by atoms with Crippen LogP contribution >= 0.6 is 11.6 Å². The van der Waals surface area contributed by atoms with Gasteiger partial charge in [-0.05, 0) is 61.9 Å². The van der Waals surface area contributed by atoms with Gasteiger partial charge in [0.05, 0.1) is 24.9 Å². The number of ether oxygens (including phenoxy) is 3. The predicted octanol–water partition coefficient (Wildman–Crippen LogP) is 4.70. The van der Waals surface area contributed by atoms with Gasteiger partial charge in [-0.25, -0.2) is 9.37 Å². The zero-order valence-corrected chi connectivity index (χ0v) is 22.0. The van der Waals surface area contributed by atoms with Crippen LogP contribution in [0.1, 0.15) is 42.2 Å².